The first-order valence-corrected chi connectivity index (χ1v) is 10.3. The lowest BCUT2D eigenvalue weighted by molar-refractivity contribution is 0.0955. The molecule has 0 aromatic heterocycles. The molecule has 0 bridgehead atoms. The Hall–Kier alpha value is -2.83. The zero-order valence-corrected chi connectivity index (χ0v) is 18.8. The van der Waals surface area contributed by atoms with Crippen LogP contribution in [0.15, 0.2) is 70.2 Å². The Morgan fingerprint density at radius 1 is 1.17 bits per heavy atom. The van der Waals surface area contributed by atoms with Gasteiger partial charge in [-0.3, -0.25) is 4.79 Å². The highest BCUT2D eigenvalue weighted by Crippen LogP contribution is 2.36. The fourth-order valence-corrected chi connectivity index (χ4v) is 3.42. The second-order valence-corrected chi connectivity index (χ2v) is 7.81. The minimum absolute atomic E-state index is 0.349. The molecule has 3 rings (SSSR count). The molecule has 0 heterocycles. The molecular formula is C23H20BrClN2O3. The molecule has 30 heavy (non-hydrogen) atoms. The molecule has 3 aromatic rings. The molecule has 1 amide bonds. The van der Waals surface area contributed by atoms with Gasteiger partial charge in [-0.05, 0) is 64.3 Å². The molecular weight excluding hydrogens is 468 g/mol. The number of nitrogens with zero attached hydrogens (tertiary/aromatic N) is 1. The Balaban J connectivity index is 1.69. The summed E-state index contributed by atoms with van der Waals surface area (Å²) in [5.74, 6) is 0.801. The number of nitrogens with one attached hydrogen (secondary N) is 1. The number of hydrazone groups is 1. The van der Waals surface area contributed by atoms with E-state index in [0.717, 1.165) is 15.6 Å². The second-order valence-electron chi connectivity index (χ2n) is 6.52. The first-order valence-electron chi connectivity index (χ1n) is 9.11. The zero-order valence-electron chi connectivity index (χ0n) is 16.5. The summed E-state index contributed by atoms with van der Waals surface area (Å²) in [6, 6.07) is 18.4. The van der Waals surface area contributed by atoms with Crippen LogP contribution in [0.25, 0.3) is 0 Å². The van der Waals surface area contributed by atoms with E-state index in [0.29, 0.717) is 28.7 Å². The summed E-state index contributed by atoms with van der Waals surface area (Å²) in [5, 5.41) is 4.50. The van der Waals surface area contributed by atoms with Gasteiger partial charge in [-0.1, -0.05) is 47.5 Å². The maximum Gasteiger partial charge on any atom is 0.271 e. The average Bonchev–Trinajstić information content (AvgIpc) is 2.73. The van der Waals surface area contributed by atoms with Gasteiger partial charge in [-0.15, -0.1) is 0 Å². The van der Waals surface area contributed by atoms with Crippen LogP contribution in [-0.2, 0) is 6.61 Å². The molecule has 0 fully saturated rings. The molecule has 0 aliphatic heterocycles. The lowest BCUT2D eigenvalue weighted by atomic mass is 10.2. The number of carbonyl (C=O) groups excluding carboxylic acids is 1. The molecule has 0 saturated heterocycles. The lowest BCUT2D eigenvalue weighted by Crippen LogP contribution is -2.17. The summed E-state index contributed by atoms with van der Waals surface area (Å²) in [6.45, 7) is 2.46. The van der Waals surface area contributed by atoms with Crippen LogP contribution in [0.3, 0.4) is 0 Å². The molecule has 1 N–H and O–H groups in total. The van der Waals surface area contributed by atoms with Gasteiger partial charge in [0.2, 0.25) is 0 Å². The summed E-state index contributed by atoms with van der Waals surface area (Å²) in [5.41, 5.74) is 5.90. The highest BCUT2D eigenvalue weighted by Gasteiger charge is 2.12. The van der Waals surface area contributed by atoms with Crippen LogP contribution in [0.4, 0.5) is 0 Å². The highest BCUT2D eigenvalue weighted by molar-refractivity contribution is 9.10. The quantitative estimate of drug-likeness (QED) is 0.340. The molecule has 0 spiro atoms. The Bertz CT molecular complexity index is 1070. The molecule has 0 radical (unpaired) electrons. The third kappa shape index (κ3) is 5.84. The fourth-order valence-electron chi connectivity index (χ4n) is 2.65. The average molecular weight is 488 g/mol. The van der Waals surface area contributed by atoms with E-state index < -0.39 is 0 Å². The van der Waals surface area contributed by atoms with E-state index in [2.05, 4.69) is 26.5 Å². The minimum atomic E-state index is -0.349. The van der Waals surface area contributed by atoms with Crippen LogP contribution in [0.5, 0.6) is 11.5 Å². The molecule has 3 aromatic carbocycles. The molecule has 154 valence electrons. The van der Waals surface area contributed by atoms with Crippen LogP contribution in [0, 0.1) is 6.92 Å². The Morgan fingerprint density at radius 2 is 1.93 bits per heavy atom. The van der Waals surface area contributed by atoms with Crippen LogP contribution >= 0.6 is 27.5 Å². The summed E-state index contributed by atoms with van der Waals surface area (Å²) < 4.78 is 12.1. The maximum absolute atomic E-state index is 12.1. The van der Waals surface area contributed by atoms with Crippen molar-refractivity contribution in [1.82, 2.24) is 5.43 Å². The zero-order chi connectivity index (χ0) is 21.5. The number of aryl methyl sites for hydroxylation is 1. The second kappa shape index (κ2) is 10.3. The standard InChI is InChI=1S/C23H20BrClN2O3/c1-15-6-8-16(9-7-15)14-30-22-20(24)10-17(11-21(22)29-2)13-26-27-23(28)18-4-3-5-19(25)12-18/h3-13H,14H2,1-2H3,(H,27,28)/b26-13-. The van der Waals surface area contributed by atoms with Crippen molar-refractivity contribution in [3.63, 3.8) is 0 Å². The van der Waals surface area contributed by atoms with Crippen molar-refractivity contribution in [2.45, 2.75) is 13.5 Å². The monoisotopic (exact) mass is 486 g/mol. The number of carbonyl (C=O) groups is 1. The first-order chi connectivity index (χ1) is 14.5. The van der Waals surface area contributed by atoms with Gasteiger partial charge in [0.1, 0.15) is 6.61 Å². The Kier molecular flexibility index (Phi) is 7.49. The predicted octanol–water partition coefficient (Wildman–Crippen LogP) is 5.76. The Labute approximate surface area is 188 Å². The van der Waals surface area contributed by atoms with Gasteiger partial charge in [-0.25, -0.2) is 5.43 Å². The topological polar surface area (TPSA) is 59.9 Å². The maximum atomic E-state index is 12.1. The molecule has 0 atom stereocenters. The predicted molar refractivity (Wildman–Crippen MR) is 123 cm³/mol. The number of rotatable bonds is 7. The third-order valence-corrected chi connectivity index (χ3v) is 5.05. The first kappa shape index (κ1) is 21.9. The highest BCUT2D eigenvalue weighted by atomic mass is 79.9. The number of methoxy groups -OCH3 is 1. The summed E-state index contributed by atoms with van der Waals surface area (Å²) in [4.78, 5) is 12.1. The van der Waals surface area contributed by atoms with Gasteiger partial charge in [0.05, 0.1) is 17.8 Å². The van der Waals surface area contributed by atoms with Crippen LogP contribution < -0.4 is 14.9 Å². The van der Waals surface area contributed by atoms with E-state index in [9.17, 15) is 4.79 Å². The largest absolute Gasteiger partial charge is 0.493 e. The number of amides is 1. The van der Waals surface area contributed by atoms with E-state index in [1.54, 1.807) is 37.4 Å². The van der Waals surface area contributed by atoms with Crippen molar-refractivity contribution < 1.29 is 14.3 Å². The van der Waals surface area contributed by atoms with Crippen molar-refractivity contribution in [3.05, 3.63) is 92.4 Å². The lowest BCUT2D eigenvalue weighted by Gasteiger charge is -2.13. The molecule has 0 aliphatic rings. The van der Waals surface area contributed by atoms with Crippen molar-refractivity contribution in [3.8, 4) is 11.5 Å². The number of ether oxygens (including phenoxy) is 2. The van der Waals surface area contributed by atoms with Gasteiger partial charge in [0, 0.05) is 10.6 Å². The smallest absolute Gasteiger partial charge is 0.271 e. The molecule has 0 saturated carbocycles. The van der Waals surface area contributed by atoms with Crippen LogP contribution in [0.1, 0.15) is 27.0 Å². The Morgan fingerprint density at radius 3 is 2.63 bits per heavy atom. The van der Waals surface area contributed by atoms with Crippen molar-refractivity contribution in [1.29, 1.82) is 0 Å². The van der Waals surface area contributed by atoms with Crippen molar-refractivity contribution >= 4 is 39.7 Å². The van der Waals surface area contributed by atoms with E-state index in [4.69, 9.17) is 21.1 Å². The van der Waals surface area contributed by atoms with E-state index in [-0.39, 0.29) is 5.91 Å². The summed E-state index contributed by atoms with van der Waals surface area (Å²) >= 11 is 9.43. The van der Waals surface area contributed by atoms with Gasteiger partial charge in [0.25, 0.3) is 5.91 Å². The van der Waals surface area contributed by atoms with Gasteiger partial charge in [-0.2, -0.15) is 5.10 Å². The fraction of sp³-hybridized carbons (Fsp3) is 0.130. The molecule has 5 nitrogen and oxygen atoms in total. The van der Waals surface area contributed by atoms with Gasteiger partial charge >= 0.3 is 0 Å². The number of benzene rings is 3. The van der Waals surface area contributed by atoms with Crippen LogP contribution in [0.2, 0.25) is 5.02 Å². The van der Waals surface area contributed by atoms with Crippen LogP contribution in [-0.4, -0.2) is 19.2 Å². The van der Waals surface area contributed by atoms with E-state index in [1.165, 1.54) is 11.8 Å². The summed E-state index contributed by atoms with van der Waals surface area (Å²) in [6.07, 6.45) is 1.53. The van der Waals surface area contributed by atoms with Gasteiger partial charge in [0.15, 0.2) is 11.5 Å². The van der Waals surface area contributed by atoms with E-state index >= 15 is 0 Å². The van der Waals surface area contributed by atoms with Gasteiger partial charge < -0.3 is 9.47 Å². The number of hydrogen-bond donors (Lipinski definition) is 1. The SMILES string of the molecule is COc1cc(/C=N\NC(=O)c2cccc(Cl)c2)cc(Br)c1OCc1ccc(C)cc1. The molecule has 7 heteroatoms. The normalized spacial score (nSPS) is 10.8. The number of halogens is 2. The number of hydrogen-bond acceptors (Lipinski definition) is 4. The van der Waals surface area contributed by atoms with Crippen molar-refractivity contribution in [2.75, 3.05) is 7.11 Å². The molecule has 0 aliphatic carbocycles. The molecule has 0 unspecified atom stereocenters. The van der Waals surface area contributed by atoms with Crippen molar-refractivity contribution in [2.24, 2.45) is 5.10 Å². The third-order valence-electron chi connectivity index (χ3n) is 4.22. The minimum Gasteiger partial charge on any atom is -0.493 e. The van der Waals surface area contributed by atoms with E-state index in [1.807, 2.05) is 37.3 Å². The summed E-state index contributed by atoms with van der Waals surface area (Å²) in [7, 11) is 1.57.